The van der Waals surface area contributed by atoms with E-state index in [-0.39, 0.29) is 0 Å². The monoisotopic (exact) mass is 376 g/mol. The zero-order valence-electron chi connectivity index (χ0n) is 15.3. The second-order valence-corrected chi connectivity index (χ2v) is 6.60. The molecule has 0 aliphatic rings. The van der Waals surface area contributed by atoms with E-state index in [1.807, 2.05) is 80.8 Å². The number of anilines is 1. The summed E-state index contributed by atoms with van der Waals surface area (Å²) in [6.07, 6.45) is 1.74. The van der Waals surface area contributed by atoms with E-state index in [0.717, 1.165) is 22.5 Å². The Morgan fingerprint density at radius 3 is 2.19 bits per heavy atom. The van der Waals surface area contributed by atoms with E-state index in [1.54, 1.807) is 6.21 Å². The van der Waals surface area contributed by atoms with E-state index in [9.17, 15) is 0 Å². The van der Waals surface area contributed by atoms with Crippen LogP contribution in [0.5, 0.6) is 0 Å². The number of aliphatic imine (C=N–C) groups is 1. The summed E-state index contributed by atoms with van der Waals surface area (Å²) in [7, 11) is 4.03. The highest BCUT2D eigenvalue weighted by atomic mass is 35.5. The molecular weight excluding hydrogens is 356 g/mol. The molecule has 0 saturated carbocycles. The maximum Gasteiger partial charge on any atom is 0.154 e. The molecule has 4 nitrogen and oxygen atoms in total. The lowest BCUT2D eigenvalue weighted by molar-refractivity contribution is 1.03. The number of nitrogens with one attached hydrogen (secondary N) is 1. The number of para-hydroxylation sites is 1. The smallest absolute Gasteiger partial charge is 0.154 e. The van der Waals surface area contributed by atoms with Gasteiger partial charge in [-0.05, 0) is 54.1 Å². The molecular formula is C22H21ClN4. The molecule has 0 aromatic heterocycles. The van der Waals surface area contributed by atoms with Crippen molar-refractivity contribution in [3.05, 3.63) is 95.0 Å². The van der Waals surface area contributed by atoms with Crippen molar-refractivity contribution in [1.82, 2.24) is 5.43 Å². The maximum atomic E-state index is 5.92. The summed E-state index contributed by atoms with van der Waals surface area (Å²) < 4.78 is 0. The lowest BCUT2D eigenvalue weighted by Gasteiger charge is -2.13. The first-order valence-electron chi connectivity index (χ1n) is 8.58. The van der Waals surface area contributed by atoms with Gasteiger partial charge in [-0.25, -0.2) is 4.99 Å². The zero-order chi connectivity index (χ0) is 19.1. The largest absolute Gasteiger partial charge is 0.378 e. The van der Waals surface area contributed by atoms with E-state index in [1.165, 1.54) is 0 Å². The van der Waals surface area contributed by atoms with Gasteiger partial charge in [0.2, 0.25) is 0 Å². The van der Waals surface area contributed by atoms with Crippen LogP contribution in [0.15, 0.2) is 89.0 Å². The molecule has 0 amide bonds. The van der Waals surface area contributed by atoms with Crippen LogP contribution in [-0.2, 0) is 0 Å². The molecule has 0 spiro atoms. The Kier molecular flexibility index (Phi) is 6.23. The van der Waals surface area contributed by atoms with Gasteiger partial charge in [-0.2, -0.15) is 5.10 Å². The average molecular weight is 377 g/mol. The number of halogens is 1. The SMILES string of the molecule is CN(C)c1ccc(C(=Nc2ccccc2)NN=Cc2ccc(Cl)cc2)cc1. The van der Waals surface area contributed by atoms with Gasteiger partial charge in [0.05, 0.1) is 11.9 Å². The molecule has 1 N–H and O–H groups in total. The summed E-state index contributed by atoms with van der Waals surface area (Å²) in [4.78, 5) is 6.77. The van der Waals surface area contributed by atoms with Crippen LogP contribution in [-0.4, -0.2) is 26.1 Å². The first kappa shape index (κ1) is 18.7. The minimum atomic E-state index is 0.678. The van der Waals surface area contributed by atoms with Gasteiger partial charge in [-0.15, -0.1) is 0 Å². The average Bonchev–Trinajstić information content (AvgIpc) is 2.69. The lowest BCUT2D eigenvalue weighted by Crippen LogP contribution is -2.19. The van der Waals surface area contributed by atoms with Gasteiger partial charge in [0.1, 0.15) is 0 Å². The second-order valence-electron chi connectivity index (χ2n) is 6.16. The molecule has 0 atom stereocenters. The van der Waals surface area contributed by atoms with Crippen LogP contribution in [0.2, 0.25) is 5.02 Å². The summed E-state index contributed by atoms with van der Waals surface area (Å²) >= 11 is 5.92. The Hall–Kier alpha value is -3.11. The van der Waals surface area contributed by atoms with E-state index < -0.39 is 0 Å². The lowest BCUT2D eigenvalue weighted by atomic mass is 10.2. The van der Waals surface area contributed by atoms with Crippen molar-refractivity contribution in [3.8, 4) is 0 Å². The van der Waals surface area contributed by atoms with Crippen LogP contribution >= 0.6 is 11.6 Å². The quantitative estimate of drug-likeness (QED) is 0.382. The molecule has 0 fully saturated rings. The first-order valence-corrected chi connectivity index (χ1v) is 8.96. The van der Waals surface area contributed by atoms with Gasteiger partial charge < -0.3 is 4.90 Å². The molecule has 0 saturated heterocycles. The highest BCUT2D eigenvalue weighted by Crippen LogP contribution is 2.16. The van der Waals surface area contributed by atoms with E-state index in [0.29, 0.717) is 10.9 Å². The molecule has 136 valence electrons. The minimum Gasteiger partial charge on any atom is -0.378 e. The molecule has 3 rings (SSSR count). The predicted octanol–water partition coefficient (Wildman–Crippen LogP) is 5.11. The molecule has 0 aliphatic carbocycles. The molecule has 0 heterocycles. The Morgan fingerprint density at radius 1 is 0.889 bits per heavy atom. The Balaban J connectivity index is 1.85. The molecule has 0 radical (unpaired) electrons. The topological polar surface area (TPSA) is 40.0 Å². The molecule has 0 aliphatic heterocycles. The van der Waals surface area contributed by atoms with Crippen LogP contribution in [0.4, 0.5) is 11.4 Å². The van der Waals surface area contributed by atoms with Gasteiger partial charge >= 0.3 is 0 Å². The molecule has 27 heavy (non-hydrogen) atoms. The molecule has 5 heteroatoms. The van der Waals surface area contributed by atoms with Crippen molar-refractivity contribution < 1.29 is 0 Å². The predicted molar refractivity (Wildman–Crippen MR) is 116 cm³/mol. The van der Waals surface area contributed by atoms with Crippen molar-refractivity contribution in [2.75, 3.05) is 19.0 Å². The molecule has 3 aromatic rings. The van der Waals surface area contributed by atoms with E-state index in [2.05, 4.69) is 27.6 Å². The highest BCUT2D eigenvalue weighted by Gasteiger charge is 2.04. The number of benzene rings is 3. The van der Waals surface area contributed by atoms with Crippen LogP contribution in [0.25, 0.3) is 0 Å². The highest BCUT2D eigenvalue weighted by molar-refractivity contribution is 6.30. The third-order valence-electron chi connectivity index (χ3n) is 3.91. The number of hydrogen-bond donors (Lipinski definition) is 1. The first-order chi connectivity index (χ1) is 13.1. The van der Waals surface area contributed by atoms with Crippen LogP contribution < -0.4 is 10.3 Å². The van der Waals surface area contributed by atoms with Gasteiger partial charge in [0.15, 0.2) is 5.84 Å². The maximum absolute atomic E-state index is 5.92. The zero-order valence-corrected chi connectivity index (χ0v) is 16.1. The van der Waals surface area contributed by atoms with Crippen molar-refractivity contribution in [3.63, 3.8) is 0 Å². The minimum absolute atomic E-state index is 0.678. The van der Waals surface area contributed by atoms with Gasteiger partial charge in [0.25, 0.3) is 0 Å². The Morgan fingerprint density at radius 2 is 1.56 bits per heavy atom. The molecule has 0 bridgehead atoms. The van der Waals surface area contributed by atoms with Gasteiger partial charge in [-0.3, -0.25) is 5.43 Å². The number of rotatable bonds is 5. The third kappa shape index (κ3) is 5.43. The van der Waals surface area contributed by atoms with Crippen molar-refractivity contribution in [2.24, 2.45) is 10.1 Å². The van der Waals surface area contributed by atoms with Crippen molar-refractivity contribution in [1.29, 1.82) is 0 Å². The fourth-order valence-electron chi connectivity index (χ4n) is 2.42. The number of hydrogen-bond acceptors (Lipinski definition) is 3. The Bertz CT molecular complexity index is 915. The number of hydrazone groups is 1. The summed E-state index contributed by atoms with van der Waals surface area (Å²) in [5, 5.41) is 5.04. The van der Waals surface area contributed by atoms with Crippen LogP contribution in [0.3, 0.4) is 0 Å². The fraction of sp³-hybridized carbons (Fsp3) is 0.0909. The van der Waals surface area contributed by atoms with Crippen LogP contribution in [0, 0.1) is 0 Å². The van der Waals surface area contributed by atoms with Gasteiger partial charge in [-0.1, -0.05) is 41.9 Å². The number of nitrogens with zero attached hydrogens (tertiary/aromatic N) is 3. The van der Waals surface area contributed by atoms with E-state index in [4.69, 9.17) is 16.6 Å². The Labute approximate surface area is 164 Å². The van der Waals surface area contributed by atoms with Gasteiger partial charge in [0, 0.05) is 30.4 Å². The normalized spacial score (nSPS) is 11.6. The van der Waals surface area contributed by atoms with Crippen LogP contribution in [0.1, 0.15) is 11.1 Å². The summed E-state index contributed by atoms with van der Waals surface area (Å²) in [5.74, 6) is 0.678. The summed E-state index contributed by atoms with van der Waals surface area (Å²) in [5.41, 5.74) is 6.96. The molecule has 3 aromatic carbocycles. The summed E-state index contributed by atoms with van der Waals surface area (Å²) in [6, 6.07) is 25.5. The summed E-state index contributed by atoms with van der Waals surface area (Å²) in [6.45, 7) is 0. The van der Waals surface area contributed by atoms with E-state index >= 15 is 0 Å². The standard InChI is InChI=1S/C22H21ClN4/c1-27(2)21-14-10-18(11-15-21)22(25-20-6-4-3-5-7-20)26-24-16-17-8-12-19(23)13-9-17/h3-16H,1-2H3,(H,25,26). The van der Waals surface area contributed by atoms with Crippen molar-refractivity contribution >= 4 is 35.0 Å². The fourth-order valence-corrected chi connectivity index (χ4v) is 2.55. The number of amidine groups is 1. The molecule has 0 unspecified atom stereocenters. The third-order valence-corrected chi connectivity index (χ3v) is 4.16. The second kappa shape index (κ2) is 9.01. The van der Waals surface area contributed by atoms with Crippen molar-refractivity contribution in [2.45, 2.75) is 0 Å².